The van der Waals surface area contributed by atoms with E-state index in [9.17, 15) is 0 Å². The van der Waals surface area contributed by atoms with Crippen LogP contribution in [0.4, 0.5) is 0 Å². The maximum Gasteiger partial charge on any atom is 0.165 e. The molecule has 0 unspecified atom stereocenters. The molecule has 14 rings (SSSR count). The number of thiophene rings is 1. The molecule has 10 aromatic carbocycles. The van der Waals surface area contributed by atoms with E-state index in [1.54, 1.807) is 11.3 Å². The van der Waals surface area contributed by atoms with Crippen LogP contribution < -0.4 is 0 Å². The highest BCUT2D eigenvalue weighted by Gasteiger charge is 2.23. The lowest BCUT2D eigenvalue weighted by Crippen LogP contribution is -2.02. The van der Waals surface area contributed by atoms with Gasteiger partial charge in [-0.05, 0) is 89.0 Å². The van der Waals surface area contributed by atoms with E-state index in [0.29, 0.717) is 17.5 Å². The summed E-state index contributed by atoms with van der Waals surface area (Å²) in [5.41, 5.74) is 14.2. The smallest absolute Gasteiger partial charge is 0.165 e. The van der Waals surface area contributed by atoms with Gasteiger partial charge in [0.05, 0.1) is 22.1 Å². The molecule has 0 aliphatic rings. The first-order valence-electron chi connectivity index (χ1n) is 23.3. The molecular formula is C63H39N5S. The average Bonchev–Trinajstić information content (AvgIpc) is 4.09. The van der Waals surface area contributed by atoms with Crippen LogP contribution in [0.25, 0.3) is 132 Å². The quantitative estimate of drug-likeness (QED) is 0.160. The highest BCUT2D eigenvalue weighted by atomic mass is 32.1. The maximum absolute atomic E-state index is 5.58. The van der Waals surface area contributed by atoms with Crippen molar-refractivity contribution in [2.45, 2.75) is 0 Å². The molecule has 0 amide bonds. The zero-order valence-electron chi connectivity index (χ0n) is 37.2. The summed E-state index contributed by atoms with van der Waals surface area (Å²) in [5, 5.41) is 7.01. The zero-order chi connectivity index (χ0) is 45.4. The molecule has 0 spiro atoms. The fourth-order valence-corrected chi connectivity index (χ4v) is 11.6. The van der Waals surface area contributed by atoms with Crippen molar-refractivity contribution in [1.29, 1.82) is 0 Å². The zero-order valence-corrected chi connectivity index (χ0v) is 38.0. The number of para-hydroxylation sites is 4. The second-order valence-corrected chi connectivity index (χ2v) is 18.6. The molecule has 6 heteroatoms. The first-order chi connectivity index (χ1) is 34.2. The first kappa shape index (κ1) is 39.2. The summed E-state index contributed by atoms with van der Waals surface area (Å²) in [6, 6.07) is 84.5. The van der Waals surface area contributed by atoms with Crippen molar-refractivity contribution in [3.05, 3.63) is 237 Å². The molecule has 4 heterocycles. The van der Waals surface area contributed by atoms with Crippen molar-refractivity contribution >= 4 is 75.1 Å². The van der Waals surface area contributed by atoms with Gasteiger partial charge in [-0.15, -0.1) is 11.3 Å². The van der Waals surface area contributed by atoms with Crippen molar-refractivity contribution in [3.8, 4) is 67.8 Å². The monoisotopic (exact) mass is 897 g/mol. The minimum Gasteiger partial charge on any atom is -0.309 e. The molecule has 0 atom stereocenters. The summed E-state index contributed by atoms with van der Waals surface area (Å²) >= 11 is 1.80. The number of benzene rings is 10. The topological polar surface area (TPSA) is 48.5 Å². The number of fused-ring (bicyclic) bond motifs is 9. The Morgan fingerprint density at radius 2 is 0.797 bits per heavy atom. The van der Waals surface area contributed by atoms with Crippen LogP contribution in [0.2, 0.25) is 0 Å². The average molecular weight is 898 g/mol. The van der Waals surface area contributed by atoms with Crippen LogP contribution in [-0.2, 0) is 0 Å². The minimum atomic E-state index is 0.622. The van der Waals surface area contributed by atoms with Gasteiger partial charge in [0.25, 0.3) is 0 Å². The predicted octanol–water partition coefficient (Wildman–Crippen LogP) is 16.8. The van der Waals surface area contributed by atoms with Gasteiger partial charge in [0.2, 0.25) is 0 Å². The van der Waals surface area contributed by atoms with Crippen LogP contribution in [0.3, 0.4) is 0 Å². The van der Waals surface area contributed by atoms with Gasteiger partial charge in [0.1, 0.15) is 0 Å². The molecule has 0 radical (unpaired) electrons. The lowest BCUT2D eigenvalue weighted by molar-refractivity contribution is 1.08. The fourth-order valence-electron chi connectivity index (χ4n) is 10.4. The van der Waals surface area contributed by atoms with Gasteiger partial charge in [0.15, 0.2) is 17.5 Å². The lowest BCUT2D eigenvalue weighted by atomic mass is 9.97. The highest BCUT2D eigenvalue weighted by Crippen LogP contribution is 2.45. The number of nitrogens with zero attached hydrogens (tertiary/aromatic N) is 5. The Balaban J connectivity index is 1.05. The molecular weight excluding hydrogens is 859 g/mol. The van der Waals surface area contributed by atoms with E-state index in [1.165, 1.54) is 43.1 Å². The van der Waals surface area contributed by atoms with Crippen molar-refractivity contribution in [2.75, 3.05) is 0 Å². The molecule has 69 heavy (non-hydrogen) atoms. The molecule has 322 valence electrons. The highest BCUT2D eigenvalue weighted by molar-refractivity contribution is 7.26. The van der Waals surface area contributed by atoms with Crippen LogP contribution in [0, 0.1) is 0 Å². The van der Waals surface area contributed by atoms with Gasteiger partial charge in [-0.25, -0.2) is 15.0 Å². The Kier molecular flexibility index (Phi) is 9.00. The number of aromatic nitrogens is 5. The van der Waals surface area contributed by atoms with Gasteiger partial charge in [-0.3, -0.25) is 0 Å². The van der Waals surface area contributed by atoms with E-state index >= 15 is 0 Å². The fraction of sp³-hybridized carbons (Fsp3) is 0. The Morgan fingerprint density at radius 3 is 1.51 bits per heavy atom. The minimum absolute atomic E-state index is 0.622. The van der Waals surface area contributed by atoms with Crippen LogP contribution in [-0.4, -0.2) is 24.1 Å². The van der Waals surface area contributed by atoms with Crippen molar-refractivity contribution < 1.29 is 0 Å². The van der Waals surface area contributed by atoms with Crippen molar-refractivity contribution in [2.24, 2.45) is 0 Å². The molecule has 0 aliphatic heterocycles. The second-order valence-electron chi connectivity index (χ2n) is 17.6. The van der Waals surface area contributed by atoms with E-state index in [2.05, 4.69) is 228 Å². The molecule has 0 saturated carbocycles. The third-order valence-corrected chi connectivity index (χ3v) is 14.8. The van der Waals surface area contributed by atoms with Crippen LogP contribution in [0.15, 0.2) is 237 Å². The largest absolute Gasteiger partial charge is 0.309 e. The molecule has 5 nitrogen and oxygen atoms in total. The summed E-state index contributed by atoms with van der Waals surface area (Å²) in [6.07, 6.45) is 0. The Morgan fingerprint density at radius 1 is 0.290 bits per heavy atom. The van der Waals surface area contributed by atoms with Crippen LogP contribution >= 0.6 is 11.3 Å². The Labute approximate surface area is 401 Å². The number of hydrogen-bond donors (Lipinski definition) is 0. The van der Waals surface area contributed by atoms with Gasteiger partial charge >= 0.3 is 0 Å². The molecule has 4 aromatic heterocycles. The summed E-state index contributed by atoms with van der Waals surface area (Å²) in [7, 11) is 0. The molecule has 0 saturated heterocycles. The van der Waals surface area contributed by atoms with Crippen LogP contribution in [0.5, 0.6) is 0 Å². The predicted molar refractivity (Wildman–Crippen MR) is 289 cm³/mol. The van der Waals surface area contributed by atoms with E-state index in [4.69, 9.17) is 15.0 Å². The Hall–Kier alpha value is -8.97. The van der Waals surface area contributed by atoms with E-state index in [0.717, 1.165) is 71.0 Å². The van der Waals surface area contributed by atoms with Gasteiger partial charge in [-0.2, -0.15) is 0 Å². The summed E-state index contributed by atoms with van der Waals surface area (Å²) in [5.74, 6) is 1.87. The third-order valence-electron chi connectivity index (χ3n) is 13.6. The van der Waals surface area contributed by atoms with E-state index in [1.807, 2.05) is 18.2 Å². The molecule has 14 aromatic rings. The van der Waals surface area contributed by atoms with E-state index < -0.39 is 0 Å². The standard InChI is InChI=1S/C63H39N5S/c1-4-18-40(19-5-1)42-22-16-23-43(36-42)44-34-35-58-51(37-44)52-38-46(68-54-30-13-10-26-47(54)48-27-11-14-31-55(48)68)39-53(60(52)69-58)63-65-61(41-20-6-2-7-21-41)64-62(66-63)50-29-17-33-57-59(50)49-28-12-15-32-56(49)67(57)45-24-8-3-9-25-45/h1-39H. The van der Waals surface area contributed by atoms with Gasteiger partial charge < -0.3 is 9.13 Å². The molecule has 0 fully saturated rings. The summed E-state index contributed by atoms with van der Waals surface area (Å²) in [6.45, 7) is 0. The third kappa shape index (κ3) is 6.41. The lowest BCUT2D eigenvalue weighted by Gasteiger charge is -2.13. The first-order valence-corrected chi connectivity index (χ1v) is 24.1. The SMILES string of the molecule is c1ccc(-c2cccc(-c3ccc4sc5c(-c6nc(-c7ccccc7)nc(-c7cccc8c7c7ccccc7n8-c7ccccc7)n6)cc(-n6c7ccccc7c7ccccc76)cc5c4c3)c2)cc1. The van der Waals surface area contributed by atoms with Crippen molar-refractivity contribution in [1.82, 2.24) is 24.1 Å². The number of hydrogen-bond acceptors (Lipinski definition) is 4. The summed E-state index contributed by atoms with van der Waals surface area (Å²) < 4.78 is 7.07. The molecule has 0 bridgehead atoms. The molecule has 0 N–H and O–H groups in total. The molecule has 0 aliphatic carbocycles. The van der Waals surface area contributed by atoms with E-state index in [-0.39, 0.29) is 0 Å². The van der Waals surface area contributed by atoms with Crippen LogP contribution in [0.1, 0.15) is 0 Å². The number of rotatable bonds is 7. The maximum atomic E-state index is 5.58. The Bertz CT molecular complexity index is 4250. The van der Waals surface area contributed by atoms with Crippen molar-refractivity contribution in [3.63, 3.8) is 0 Å². The second kappa shape index (κ2) is 15.8. The van der Waals surface area contributed by atoms with Gasteiger partial charge in [-0.1, -0.05) is 170 Å². The summed E-state index contributed by atoms with van der Waals surface area (Å²) in [4.78, 5) is 16.4. The van der Waals surface area contributed by atoms with Gasteiger partial charge in [0, 0.05) is 69.8 Å². The normalized spacial score (nSPS) is 11.8.